The molecular formula is C11H16ClN3O3S. The Balaban J connectivity index is 2.79. The molecule has 8 heteroatoms. The quantitative estimate of drug-likeness (QED) is 0.698. The van der Waals surface area contributed by atoms with Crippen LogP contribution in [0.1, 0.15) is 6.92 Å². The van der Waals surface area contributed by atoms with E-state index >= 15 is 0 Å². The average Bonchev–Trinajstić information content (AvgIpc) is 2.26. The van der Waals surface area contributed by atoms with Crippen molar-refractivity contribution in [3.63, 3.8) is 0 Å². The molecule has 0 fully saturated rings. The molecule has 1 aromatic carbocycles. The Morgan fingerprint density at radius 2 is 2.05 bits per heavy atom. The zero-order valence-corrected chi connectivity index (χ0v) is 12.0. The summed E-state index contributed by atoms with van der Waals surface area (Å²) >= 11 is 5.59. The highest BCUT2D eigenvalue weighted by Gasteiger charge is 2.15. The van der Waals surface area contributed by atoms with Gasteiger partial charge in [0.25, 0.3) is 0 Å². The maximum atomic E-state index is 11.8. The van der Waals surface area contributed by atoms with Gasteiger partial charge in [0, 0.05) is 11.6 Å². The minimum Gasteiger partial charge on any atom is -0.351 e. The minimum absolute atomic E-state index is 0.0655. The number of carbonyl (C=O) groups is 1. The first-order valence-electron chi connectivity index (χ1n) is 5.55. The molecule has 0 saturated heterocycles. The second kappa shape index (κ2) is 6.63. The predicted molar refractivity (Wildman–Crippen MR) is 76.9 cm³/mol. The standard InChI is InChI=1S/C11H16ClN3O3S/c1-8(6-12)7-19(17,18)15-10-4-2-3-9(5-10)14-11(13)16/h2-5,8,15H,6-7H2,1H3,(H3,13,14,16). The van der Waals surface area contributed by atoms with Gasteiger partial charge in [0.05, 0.1) is 11.4 Å². The summed E-state index contributed by atoms with van der Waals surface area (Å²) in [5.74, 6) is 0.0554. The summed E-state index contributed by atoms with van der Waals surface area (Å²) in [5, 5.41) is 2.37. The number of nitrogens with one attached hydrogen (secondary N) is 2. The van der Waals surface area contributed by atoms with Gasteiger partial charge in [0.2, 0.25) is 10.0 Å². The van der Waals surface area contributed by atoms with Crippen LogP contribution in [0.15, 0.2) is 24.3 Å². The lowest BCUT2D eigenvalue weighted by Gasteiger charge is -2.12. The van der Waals surface area contributed by atoms with Crippen LogP contribution in [0.4, 0.5) is 16.2 Å². The van der Waals surface area contributed by atoms with E-state index < -0.39 is 16.1 Å². The summed E-state index contributed by atoms with van der Waals surface area (Å²) in [5.41, 5.74) is 5.75. The summed E-state index contributed by atoms with van der Waals surface area (Å²) in [6.45, 7) is 1.75. The van der Waals surface area contributed by atoms with Crippen molar-refractivity contribution in [1.82, 2.24) is 0 Å². The fourth-order valence-corrected chi connectivity index (χ4v) is 3.12. The maximum absolute atomic E-state index is 11.8. The Hall–Kier alpha value is -1.47. The molecule has 1 atom stereocenters. The third-order valence-electron chi connectivity index (χ3n) is 2.17. The van der Waals surface area contributed by atoms with E-state index in [0.29, 0.717) is 11.4 Å². The van der Waals surface area contributed by atoms with Crippen LogP contribution in [0, 0.1) is 5.92 Å². The number of rotatable bonds is 6. The van der Waals surface area contributed by atoms with Gasteiger partial charge < -0.3 is 11.1 Å². The smallest absolute Gasteiger partial charge is 0.316 e. The van der Waals surface area contributed by atoms with Crippen LogP contribution < -0.4 is 15.8 Å². The van der Waals surface area contributed by atoms with Gasteiger partial charge in [0.1, 0.15) is 0 Å². The SMILES string of the molecule is CC(CCl)CS(=O)(=O)Nc1cccc(NC(N)=O)c1. The molecule has 6 nitrogen and oxygen atoms in total. The highest BCUT2D eigenvalue weighted by atomic mass is 35.5. The highest BCUT2D eigenvalue weighted by molar-refractivity contribution is 7.92. The molecule has 4 N–H and O–H groups in total. The van der Waals surface area contributed by atoms with Gasteiger partial charge in [-0.1, -0.05) is 13.0 Å². The first kappa shape index (κ1) is 15.6. The number of halogens is 1. The number of hydrogen-bond acceptors (Lipinski definition) is 3. The summed E-state index contributed by atoms with van der Waals surface area (Å²) in [4.78, 5) is 10.7. The second-order valence-corrected chi connectivity index (χ2v) is 6.29. The molecule has 1 aromatic rings. The van der Waals surface area contributed by atoms with Crippen LogP contribution >= 0.6 is 11.6 Å². The third-order valence-corrected chi connectivity index (χ3v) is 4.25. The van der Waals surface area contributed by atoms with E-state index in [4.69, 9.17) is 17.3 Å². The van der Waals surface area contributed by atoms with E-state index in [-0.39, 0.29) is 17.6 Å². The lowest BCUT2D eigenvalue weighted by molar-refractivity contribution is 0.259. The summed E-state index contributed by atoms with van der Waals surface area (Å²) < 4.78 is 26.1. The Morgan fingerprint density at radius 1 is 1.42 bits per heavy atom. The van der Waals surface area contributed by atoms with Crippen LogP contribution in [0.5, 0.6) is 0 Å². The molecule has 0 bridgehead atoms. The average molecular weight is 306 g/mol. The van der Waals surface area contributed by atoms with Crippen LogP contribution in [-0.4, -0.2) is 26.1 Å². The molecule has 0 spiro atoms. The fourth-order valence-electron chi connectivity index (χ4n) is 1.44. The molecule has 0 aliphatic carbocycles. The molecule has 19 heavy (non-hydrogen) atoms. The van der Waals surface area contributed by atoms with Gasteiger partial charge in [-0.05, 0) is 24.1 Å². The number of amides is 2. The van der Waals surface area contributed by atoms with Gasteiger partial charge in [-0.25, -0.2) is 13.2 Å². The monoisotopic (exact) mass is 305 g/mol. The first-order chi connectivity index (χ1) is 8.82. The number of benzene rings is 1. The summed E-state index contributed by atoms with van der Waals surface area (Å²) in [7, 11) is -3.47. The number of alkyl halides is 1. The normalized spacial score (nSPS) is 12.7. The Kier molecular flexibility index (Phi) is 5.44. The summed E-state index contributed by atoms with van der Waals surface area (Å²) in [6, 6.07) is 5.55. The largest absolute Gasteiger partial charge is 0.351 e. The van der Waals surface area contributed by atoms with Crippen molar-refractivity contribution in [2.24, 2.45) is 11.7 Å². The van der Waals surface area contributed by atoms with E-state index in [0.717, 1.165) is 0 Å². The topological polar surface area (TPSA) is 101 Å². The number of primary amides is 1. The van der Waals surface area contributed by atoms with Gasteiger partial charge in [-0.2, -0.15) is 0 Å². The van der Waals surface area contributed by atoms with Crippen molar-refractivity contribution in [2.45, 2.75) is 6.92 Å². The lowest BCUT2D eigenvalue weighted by Crippen LogP contribution is -2.22. The van der Waals surface area contributed by atoms with Crippen molar-refractivity contribution >= 4 is 39.0 Å². The molecule has 106 valence electrons. The molecule has 0 aliphatic rings. The first-order valence-corrected chi connectivity index (χ1v) is 7.74. The van der Waals surface area contributed by atoms with Crippen molar-refractivity contribution in [1.29, 1.82) is 0 Å². The molecule has 0 saturated carbocycles. The molecule has 0 aliphatic heterocycles. The van der Waals surface area contributed by atoms with Crippen molar-refractivity contribution in [3.8, 4) is 0 Å². The van der Waals surface area contributed by atoms with Crippen molar-refractivity contribution in [3.05, 3.63) is 24.3 Å². The number of carbonyl (C=O) groups excluding carboxylic acids is 1. The van der Waals surface area contributed by atoms with Gasteiger partial charge in [-0.3, -0.25) is 4.72 Å². The molecule has 2 amide bonds. The minimum atomic E-state index is -3.47. The molecule has 1 unspecified atom stereocenters. The van der Waals surface area contributed by atoms with E-state index in [1.165, 1.54) is 6.07 Å². The van der Waals surface area contributed by atoms with Crippen LogP contribution in [0.3, 0.4) is 0 Å². The predicted octanol–water partition coefficient (Wildman–Crippen LogP) is 1.79. The van der Waals surface area contributed by atoms with E-state index in [9.17, 15) is 13.2 Å². The molecule has 0 aromatic heterocycles. The number of anilines is 2. The van der Waals surface area contributed by atoms with Crippen LogP contribution in [0.2, 0.25) is 0 Å². The second-order valence-electron chi connectivity index (χ2n) is 4.21. The van der Waals surface area contributed by atoms with E-state index in [1.807, 2.05) is 0 Å². The molecular weight excluding hydrogens is 290 g/mol. The Bertz CT molecular complexity index is 548. The third kappa shape index (κ3) is 5.80. The molecule has 1 rings (SSSR count). The van der Waals surface area contributed by atoms with E-state index in [1.54, 1.807) is 25.1 Å². The number of hydrogen-bond donors (Lipinski definition) is 3. The van der Waals surface area contributed by atoms with Gasteiger partial charge in [-0.15, -0.1) is 11.6 Å². The zero-order chi connectivity index (χ0) is 14.5. The lowest BCUT2D eigenvalue weighted by atomic mass is 10.3. The molecule has 0 radical (unpaired) electrons. The maximum Gasteiger partial charge on any atom is 0.316 e. The van der Waals surface area contributed by atoms with Crippen molar-refractivity contribution < 1.29 is 13.2 Å². The van der Waals surface area contributed by atoms with Crippen LogP contribution in [0.25, 0.3) is 0 Å². The van der Waals surface area contributed by atoms with E-state index in [2.05, 4.69) is 10.0 Å². The summed E-state index contributed by atoms with van der Waals surface area (Å²) in [6.07, 6.45) is 0. The zero-order valence-electron chi connectivity index (χ0n) is 10.4. The van der Waals surface area contributed by atoms with Crippen molar-refractivity contribution in [2.75, 3.05) is 21.7 Å². The fraction of sp³-hybridized carbons (Fsp3) is 0.364. The van der Waals surface area contributed by atoms with Gasteiger partial charge in [0.15, 0.2) is 0 Å². The number of urea groups is 1. The number of sulfonamides is 1. The highest BCUT2D eigenvalue weighted by Crippen LogP contribution is 2.17. The number of nitrogens with two attached hydrogens (primary N) is 1. The molecule has 0 heterocycles. The van der Waals surface area contributed by atoms with Crippen LogP contribution in [-0.2, 0) is 10.0 Å². The Morgan fingerprint density at radius 3 is 2.63 bits per heavy atom. The Labute approximate surface area is 117 Å². The van der Waals surface area contributed by atoms with Gasteiger partial charge >= 0.3 is 6.03 Å².